The number of ether oxygens (including phenoxy) is 1. The molecule has 1 aliphatic carbocycles. The monoisotopic (exact) mass is 404 g/mol. The van der Waals surface area contributed by atoms with Crippen LogP contribution in [0.25, 0.3) is 0 Å². The zero-order valence-corrected chi connectivity index (χ0v) is 15.9. The maximum Gasteiger partial charge on any atom is 0.396 e. The third kappa shape index (κ3) is 4.10. The lowest BCUT2D eigenvalue weighted by atomic mass is 10.0. The van der Waals surface area contributed by atoms with Crippen molar-refractivity contribution in [3.63, 3.8) is 0 Å². The van der Waals surface area contributed by atoms with Crippen LogP contribution in [0.1, 0.15) is 29.6 Å². The predicted molar refractivity (Wildman–Crippen MR) is 103 cm³/mol. The molecule has 2 aromatic rings. The Bertz CT molecular complexity index is 860. The second kappa shape index (κ2) is 7.71. The van der Waals surface area contributed by atoms with E-state index in [2.05, 4.69) is 5.32 Å². The molecule has 4 nitrogen and oxygen atoms in total. The normalized spacial score (nSPS) is 20.3. The van der Waals surface area contributed by atoms with Crippen LogP contribution in [-0.2, 0) is 0 Å². The Balaban J connectivity index is 1.63. The van der Waals surface area contributed by atoms with Gasteiger partial charge >= 0.3 is 6.18 Å². The number of halogens is 3. The molecule has 0 bridgehead atoms. The fourth-order valence-electron chi connectivity index (χ4n) is 3.78. The summed E-state index contributed by atoms with van der Waals surface area (Å²) in [4.78, 5) is 14.8. The van der Waals surface area contributed by atoms with Crippen LogP contribution in [0.5, 0.6) is 11.5 Å². The molecule has 7 heteroatoms. The number of carbonyl (C=O) groups is 1. The zero-order chi connectivity index (χ0) is 20.5. The van der Waals surface area contributed by atoms with Gasteiger partial charge in [-0.25, -0.2) is 0 Å². The van der Waals surface area contributed by atoms with Gasteiger partial charge in [0, 0.05) is 19.1 Å². The third-order valence-corrected chi connectivity index (χ3v) is 5.75. The van der Waals surface area contributed by atoms with Crippen molar-refractivity contribution in [2.75, 3.05) is 19.6 Å². The van der Waals surface area contributed by atoms with Crippen LogP contribution in [0.4, 0.5) is 13.2 Å². The molecule has 4 rings (SSSR count). The summed E-state index contributed by atoms with van der Waals surface area (Å²) in [5.41, 5.74) is -1.50. The van der Waals surface area contributed by atoms with Gasteiger partial charge < -0.3 is 15.0 Å². The lowest BCUT2D eigenvalue weighted by Gasteiger charge is -2.33. The largest absolute Gasteiger partial charge is 0.457 e. The minimum Gasteiger partial charge on any atom is -0.457 e. The van der Waals surface area contributed by atoms with Crippen LogP contribution in [0.2, 0.25) is 0 Å². The Hall–Kier alpha value is -2.54. The summed E-state index contributed by atoms with van der Waals surface area (Å²) in [6.07, 6.45) is -3.52. The quantitative estimate of drug-likeness (QED) is 0.764. The van der Waals surface area contributed by atoms with Crippen LogP contribution in [0, 0.1) is 5.41 Å². The van der Waals surface area contributed by atoms with Crippen molar-refractivity contribution in [2.45, 2.75) is 31.5 Å². The summed E-state index contributed by atoms with van der Waals surface area (Å²) in [5, 5.41) is 3.15. The van der Waals surface area contributed by atoms with Crippen LogP contribution in [0.15, 0.2) is 54.6 Å². The summed E-state index contributed by atoms with van der Waals surface area (Å²) in [6, 6.07) is 15.5. The smallest absolute Gasteiger partial charge is 0.396 e. The fourth-order valence-corrected chi connectivity index (χ4v) is 3.78. The summed E-state index contributed by atoms with van der Waals surface area (Å²) in [6.45, 7) is 0.887. The third-order valence-electron chi connectivity index (χ3n) is 5.75. The average molecular weight is 404 g/mol. The van der Waals surface area contributed by atoms with E-state index in [-0.39, 0.29) is 31.0 Å². The molecule has 2 aromatic carbocycles. The molecule has 29 heavy (non-hydrogen) atoms. The highest BCUT2D eigenvalue weighted by atomic mass is 19.4. The van der Waals surface area contributed by atoms with Gasteiger partial charge in [0.15, 0.2) is 0 Å². The highest BCUT2D eigenvalue weighted by Gasteiger charge is 2.64. The van der Waals surface area contributed by atoms with Crippen molar-refractivity contribution in [3.8, 4) is 11.5 Å². The van der Waals surface area contributed by atoms with E-state index in [4.69, 9.17) is 4.74 Å². The topological polar surface area (TPSA) is 41.6 Å². The number of alkyl halides is 3. The van der Waals surface area contributed by atoms with Crippen molar-refractivity contribution in [3.05, 3.63) is 60.2 Å². The maximum absolute atomic E-state index is 13.6. The van der Waals surface area contributed by atoms with E-state index in [1.807, 2.05) is 18.2 Å². The first-order valence-corrected chi connectivity index (χ1v) is 9.80. The molecule has 1 amide bonds. The first kappa shape index (κ1) is 19.8. The van der Waals surface area contributed by atoms with Gasteiger partial charge in [0.05, 0.1) is 11.0 Å². The molecule has 1 N–H and O–H groups in total. The Kier molecular flexibility index (Phi) is 5.25. The SMILES string of the molecule is O=C(c1ccccc1Oc1ccccc1)N(CC1(C(F)(F)F)CC1)[C@H]1CCNC1. The molecule has 1 saturated carbocycles. The van der Waals surface area contributed by atoms with E-state index >= 15 is 0 Å². The lowest BCUT2D eigenvalue weighted by molar-refractivity contribution is -0.191. The first-order valence-electron chi connectivity index (χ1n) is 9.80. The van der Waals surface area contributed by atoms with Crippen molar-refractivity contribution in [1.29, 1.82) is 0 Å². The number of amides is 1. The van der Waals surface area contributed by atoms with Gasteiger partial charge in [-0.05, 0) is 50.1 Å². The molecule has 0 radical (unpaired) electrons. The number of para-hydroxylation sites is 2. The summed E-state index contributed by atoms with van der Waals surface area (Å²) in [7, 11) is 0. The highest BCUT2D eigenvalue weighted by Crippen LogP contribution is 2.58. The van der Waals surface area contributed by atoms with Crippen LogP contribution >= 0.6 is 0 Å². The van der Waals surface area contributed by atoms with E-state index < -0.39 is 17.5 Å². The average Bonchev–Trinajstić information content (AvgIpc) is 3.32. The molecule has 0 aromatic heterocycles. The summed E-state index contributed by atoms with van der Waals surface area (Å²) < 4.78 is 46.7. The van der Waals surface area contributed by atoms with E-state index in [0.29, 0.717) is 31.0 Å². The molecule has 1 heterocycles. The van der Waals surface area contributed by atoms with Crippen LogP contribution < -0.4 is 10.1 Å². The number of carbonyl (C=O) groups excluding carboxylic acids is 1. The Morgan fingerprint density at radius 2 is 1.79 bits per heavy atom. The molecular formula is C22H23F3N2O2. The molecule has 0 unspecified atom stereocenters. The molecule has 2 fully saturated rings. The fraction of sp³-hybridized carbons (Fsp3) is 0.409. The van der Waals surface area contributed by atoms with E-state index in [0.717, 1.165) is 0 Å². The van der Waals surface area contributed by atoms with Gasteiger partial charge in [0.25, 0.3) is 5.91 Å². The second-order valence-electron chi connectivity index (χ2n) is 7.77. The second-order valence-corrected chi connectivity index (χ2v) is 7.77. The minimum atomic E-state index is -4.31. The predicted octanol–water partition coefficient (Wildman–Crippen LogP) is 4.63. The first-order chi connectivity index (χ1) is 13.9. The highest BCUT2D eigenvalue weighted by molar-refractivity contribution is 5.97. The molecule has 2 aliphatic rings. The van der Waals surface area contributed by atoms with E-state index in [9.17, 15) is 18.0 Å². The summed E-state index contributed by atoms with van der Waals surface area (Å²) >= 11 is 0. The Morgan fingerprint density at radius 3 is 2.41 bits per heavy atom. The van der Waals surface area contributed by atoms with Crippen molar-refractivity contribution in [1.82, 2.24) is 10.2 Å². The number of nitrogens with one attached hydrogen (secondary N) is 1. The molecule has 0 spiro atoms. The Labute approximate surface area is 167 Å². The number of hydrogen-bond donors (Lipinski definition) is 1. The van der Waals surface area contributed by atoms with Gasteiger partial charge in [-0.3, -0.25) is 4.79 Å². The number of benzene rings is 2. The van der Waals surface area contributed by atoms with Gasteiger partial charge in [-0.1, -0.05) is 30.3 Å². The molecular weight excluding hydrogens is 381 g/mol. The van der Waals surface area contributed by atoms with Gasteiger partial charge in [-0.15, -0.1) is 0 Å². The van der Waals surface area contributed by atoms with Gasteiger partial charge in [0.1, 0.15) is 11.5 Å². The standard InChI is InChI=1S/C22H23F3N2O2/c23-22(24,25)21(11-12-21)15-27(16-10-13-26-14-16)20(28)18-8-4-5-9-19(18)29-17-6-2-1-3-7-17/h1-9,16,26H,10-15H2/t16-/m0/s1. The maximum atomic E-state index is 13.6. The lowest BCUT2D eigenvalue weighted by Crippen LogP contribution is -2.48. The van der Waals surface area contributed by atoms with Crippen LogP contribution in [-0.4, -0.2) is 42.7 Å². The summed E-state index contributed by atoms with van der Waals surface area (Å²) in [5.74, 6) is 0.494. The molecule has 1 atom stereocenters. The van der Waals surface area contributed by atoms with Crippen LogP contribution in [0.3, 0.4) is 0 Å². The van der Waals surface area contributed by atoms with Crippen molar-refractivity contribution in [2.24, 2.45) is 5.41 Å². The number of nitrogens with zero attached hydrogens (tertiary/aromatic N) is 1. The number of hydrogen-bond acceptors (Lipinski definition) is 3. The van der Waals surface area contributed by atoms with Gasteiger partial charge in [0.2, 0.25) is 0 Å². The van der Waals surface area contributed by atoms with Crippen molar-refractivity contribution < 1.29 is 22.7 Å². The molecule has 1 aliphatic heterocycles. The number of rotatable bonds is 6. The van der Waals surface area contributed by atoms with Crippen molar-refractivity contribution >= 4 is 5.91 Å². The zero-order valence-electron chi connectivity index (χ0n) is 15.9. The van der Waals surface area contributed by atoms with E-state index in [1.165, 1.54) is 4.90 Å². The Morgan fingerprint density at radius 1 is 1.10 bits per heavy atom. The molecule has 154 valence electrons. The van der Waals surface area contributed by atoms with Gasteiger partial charge in [-0.2, -0.15) is 13.2 Å². The van der Waals surface area contributed by atoms with E-state index in [1.54, 1.807) is 36.4 Å². The minimum absolute atomic E-state index is 0.0720. The molecule has 1 saturated heterocycles.